The van der Waals surface area contributed by atoms with Crippen molar-refractivity contribution >= 4 is 60.9 Å². The van der Waals surface area contributed by atoms with Gasteiger partial charge in [-0.05, 0) is 91.0 Å². The summed E-state index contributed by atoms with van der Waals surface area (Å²) < 4.78 is 33.0. The van der Waals surface area contributed by atoms with Gasteiger partial charge in [-0.1, -0.05) is 5.37 Å². The number of aliphatic hydroxyl groups is 2. The molecule has 1 aliphatic carbocycles. The molecule has 0 bridgehead atoms. The third-order valence-electron chi connectivity index (χ3n) is 7.46. The number of halogens is 4. The average Bonchev–Trinajstić information content (AvgIpc) is 3.50. The summed E-state index contributed by atoms with van der Waals surface area (Å²) in [4.78, 5) is 14.9. The minimum absolute atomic E-state index is 0.0317. The quantitative estimate of drug-likeness (QED) is 0.281. The highest BCUT2D eigenvalue weighted by Gasteiger charge is 2.62. The number of alkyl halides is 3. The number of nitrogens with one attached hydrogen (secondary N) is 1. The molecule has 3 aliphatic rings. The largest absolute Gasteiger partial charge is 0.487 e. The summed E-state index contributed by atoms with van der Waals surface area (Å²) in [6.07, 6.45) is 1.63. The van der Waals surface area contributed by atoms with Crippen molar-refractivity contribution in [1.29, 1.82) is 0 Å². The van der Waals surface area contributed by atoms with Crippen LogP contribution in [0.1, 0.15) is 54.9 Å². The molecular formula is C26H29BrClF2N3O4S. The Bertz CT molecular complexity index is 1280. The first-order valence-electron chi connectivity index (χ1n) is 12.4. The number of ether oxygens (including phenoxy) is 1. The van der Waals surface area contributed by atoms with Crippen LogP contribution in [0, 0.1) is 0 Å². The Hall–Kier alpha value is -1.76. The first kappa shape index (κ1) is 27.8. The van der Waals surface area contributed by atoms with Crippen LogP contribution in [0.25, 0.3) is 0 Å². The van der Waals surface area contributed by atoms with Crippen molar-refractivity contribution in [2.45, 2.75) is 62.6 Å². The van der Waals surface area contributed by atoms with Gasteiger partial charge in [0.15, 0.2) is 5.72 Å². The number of amides is 1. The molecule has 12 heteroatoms. The molecule has 5 rings (SSSR count). The lowest BCUT2D eigenvalue weighted by Crippen LogP contribution is -2.61. The molecule has 206 valence electrons. The molecule has 5 unspecified atom stereocenters. The Morgan fingerprint density at radius 3 is 2.68 bits per heavy atom. The number of carbonyl (C=O) groups excluding carboxylic acids is 1. The number of hydrogen-bond acceptors (Lipinski definition) is 6. The maximum absolute atomic E-state index is 13.2. The fourth-order valence-corrected chi connectivity index (χ4v) is 8.98. The zero-order chi connectivity index (χ0) is 27.4. The van der Waals surface area contributed by atoms with E-state index in [4.69, 9.17) is 11.6 Å². The summed E-state index contributed by atoms with van der Waals surface area (Å²) in [6, 6.07) is 8.72. The van der Waals surface area contributed by atoms with Crippen molar-refractivity contribution in [3.63, 3.8) is 0 Å². The Kier molecular flexibility index (Phi) is 7.56. The average molecular weight is 633 g/mol. The third kappa shape index (κ3) is 4.86. The highest BCUT2D eigenvalue weighted by Crippen LogP contribution is 2.60. The molecule has 5 atom stereocenters. The normalized spacial score (nSPS) is 27.9. The van der Waals surface area contributed by atoms with Gasteiger partial charge in [0.1, 0.15) is 12.0 Å². The monoisotopic (exact) mass is 631 g/mol. The Morgan fingerprint density at radius 2 is 2.05 bits per heavy atom. The second-order valence-corrected chi connectivity index (χ2v) is 13.1. The van der Waals surface area contributed by atoms with Gasteiger partial charge in [-0.25, -0.2) is 4.31 Å². The fraction of sp³-hybridized carbons (Fsp3) is 0.462. The molecule has 0 radical (unpaired) electrons. The standard InChI is InChI=1S/C26H29BrClF2N3O4S/c1-3-38-12-4-11-32(38)22-10-9-20-19-13-16(14-21(27)23(19)33(15(2)34)25(20,22)36)24(35)31-17-5-7-18(8-6-17)37-26(28,29)30/h3,5-8,13-15,20,22,34,36H,4,9-12H2,1-2H3,(H,31,35). The van der Waals surface area contributed by atoms with Gasteiger partial charge in [0.05, 0.1) is 11.7 Å². The minimum Gasteiger partial charge on any atom is -0.420 e. The topological polar surface area (TPSA) is 85.3 Å². The molecule has 1 amide bonds. The van der Waals surface area contributed by atoms with Gasteiger partial charge >= 0.3 is 5.57 Å². The van der Waals surface area contributed by atoms with Crippen LogP contribution >= 0.6 is 38.2 Å². The summed E-state index contributed by atoms with van der Waals surface area (Å²) in [6.45, 7) is 4.61. The Balaban J connectivity index is 1.44. The van der Waals surface area contributed by atoms with Crippen LogP contribution in [0.15, 0.2) is 40.9 Å². The van der Waals surface area contributed by atoms with Gasteiger partial charge in [-0.2, -0.15) is 0 Å². The zero-order valence-electron chi connectivity index (χ0n) is 20.8. The van der Waals surface area contributed by atoms with E-state index in [2.05, 4.69) is 42.6 Å². The van der Waals surface area contributed by atoms with Crippen LogP contribution in [-0.4, -0.2) is 61.7 Å². The molecule has 2 aromatic rings. The van der Waals surface area contributed by atoms with E-state index >= 15 is 0 Å². The van der Waals surface area contributed by atoms with Crippen LogP contribution in [0.5, 0.6) is 5.75 Å². The SMILES string of the molecule is C/C=S1\CCCN1C1CCC2c3cc(C(=O)Nc4ccc(OC(F)(F)Cl)cc4)cc(Br)c3N(C(C)O)C21O. The maximum atomic E-state index is 13.2. The number of carbonyl (C=O) groups is 1. The smallest absolute Gasteiger partial charge is 0.420 e. The van der Waals surface area contributed by atoms with E-state index in [0.29, 0.717) is 21.4 Å². The molecule has 1 saturated carbocycles. The lowest BCUT2D eigenvalue weighted by atomic mass is 9.92. The zero-order valence-corrected chi connectivity index (χ0v) is 24.0. The van der Waals surface area contributed by atoms with Crippen LogP contribution in [0.2, 0.25) is 0 Å². The number of aliphatic hydroxyl groups excluding tert-OH is 1. The van der Waals surface area contributed by atoms with Crippen molar-refractivity contribution in [2.75, 3.05) is 22.5 Å². The maximum Gasteiger partial charge on any atom is 0.487 e. The molecule has 3 N–H and O–H groups in total. The summed E-state index contributed by atoms with van der Waals surface area (Å²) in [5.41, 5.74) is -2.89. The highest BCUT2D eigenvalue weighted by atomic mass is 79.9. The van der Waals surface area contributed by atoms with Crippen LogP contribution in [0.4, 0.5) is 20.2 Å². The second-order valence-electron chi connectivity index (χ2n) is 9.69. The first-order chi connectivity index (χ1) is 17.9. The highest BCUT2D eigenvalue weighted by molar-refractivity contribution is 9.10. The molecule has 2 heterocycles. The molecule has 2 fully saturated rings. The Morgan fingerprint density at radius 1 is 1.34 bits per heavy atom. The van der Waals surface area contributed by atoms with Gasteiger partial charge in [0, 0.05) is 45.5 Å². The van der Waals surface area contributed by atoms with E-state index in [-0.39, 0.29) is 28.4 Å². The van der Waals surface area contributed by atoms with Gasteiger partial charge in [0.2, 0.25) is 0 Å². The number of anilines is 2. The minimum atomic E-state index is -3.83. The Labute approximate surface area is 235 Å². The van der Waals surface area contributed by atoms with Crippen molar-refractivity contribution in [3.05, 3.63) is 52.0 Å². The van der Waals surface area contributed by atoms with Crippen LogP contribution < -0.4 is 15.0 Å². The molecule has 38 heavy (non-hydrogen) atoms. The van der Waals surface area contributed by atoms with Gasteiger partial charge in [0.25, 0.3) is 5.91 Å². The molecule has 7 nitrogen and oxygen atoms in total. The predicted octanol–water partition coefficient (Wildman–Crippen LogP) is 5.67. The van der Waals surface area contributed by atoms with Crippen molar-refractivity contribution in [3.8, 4) is 5.75 Å². The van der Waals surface area contributed by atoms with E-state index < -0.39 is 23.4 Å². The number of nitrogens with zero attached hydrogens (tertiary/aromatic N) is 2. The summed E-state index contributed by atoms with van der Waals surface area (Å²) >= 11 is 8.40. The van der Waals surface area contributed by atoms with Crippen molar-refractivity contribution in [2.24, 2.45) is 0 Å². The van der Waals surface area contributed by atoms with Crippen LogP contribution in [0.3, 0.4) is 0 Å². The predicted molar refractivity (Wildman–Crippen MR) is 150 cm³/mol. The van der Waals surface area contributed by atoms with Gasteiger partial charge in [-0.3, -0.25) is 4.79 Å². The number of fused-ring (bicyclic) bond motifs is 3. The summed E-state index contributed by atoms with van der Waals surface area (Å²) in [7, 11) is -0.0317. The van der Waals surface area contributed by atoms with Gasteiger partial charge in [-0.15, -0.1) is 19.5 Å². The fourth-order valence-electron chi connectivity index (χ4n) is 6.11. The number of rotatable bonds is 6. The van der Waals surface area contributed by atoms with Crippen molar-refractivity contribution in [1.82, 2.24) is 4.31 Å². The number of benzene rings is 2. The third-order valence-corrected chi connectivity index (χ3v) is 10.4. The van der Waals surface area contributed by atoms with E-state index in [1.54, 1.807) is 24.0 Å². The van der Waals surface area contributed by atoms with E-state index in [1.165, 1.54) is 24.3 Å². The molecule has 2 aromatic carbocycles. The van der Waals surface area contributed by atoms with Gasteiger partial charge < -0.3 is 25.2 Å². The van der Waals surface area contributed by atoms with E-state index in [9.17, 15) is 23.8 Å². The number of hydrogen-bond donors (Lipinski definition) is 3. The van der Waals surface area contributed by atoms with Crippen molar-refractivity contribution < 1.29 is 28.5 Å². The van der Waals surface area contributed by atoms with Crippen LogP contribution in [-0.2, 0) is 0 Å². The first-order valence-corrected chi connectivity index (χ1v) is 15.0. The summed E-state index contributed by atoms with van der Waals surface area (Å²) in [5.74, 6) is 0.251. The lowest BCUT2D eigenvalue weighted by Gasteiger charge is -2.45. The molecule has 0 aromatic heterocycles. The molecular weight excluding hydrogens is 604 g/mol. The van der Waals surface area contributed by atoms with E-state index in [0.717, 1.165) is 37.1 Å². The summed E-state index contributed by atoms with van der Waals surface area (Å²) in [5, 5.41) is 28.2. The van der Waals surface area contributed by atoms with E-state index in [1.807, 2.05) is 0 Å². The second kappa shape index (κ2) is 10.3. The molecule has 2 aliphatic heterocycles. The molecule has 0 spiro atoms. The molecule has 1 saturated heterocycles. The lowest BCUT2D eigenvalue weighted by molar-refractivity contribution is -0.0964.